The van der Waals surface area contributed by atoms with E-state index < -0.39 is 0 Å². The summed E-state index contributed by atoms with van der Waals surface area (Å²) >= 11 is 0. The molecule has 0 saturated carbocycles. The van der Waals surface area contributed by atoms with Gasteiger partial charge in [-0.15, -0.1) is 10.2 Å². The second-order valence-corrected chi connectivity index (χ2v) is 7.85. The third-order valence-corrected chi connectivity index (χ3v) is 5.98. The second kappa shape index (κ2) is 6.66. The van der Waals surface area contributed by atoms with Crippen molar-refractivity contribution >= 4 is 10.9 Å². The molecule has 6 rings (SSSR count). The Morgan fingerprint density at radius 1 is 1.03 bits per heavy atom. The molecule has 8 nitrogen and oxygen atoms in total. The summed E-state index contributed by atoms with van der Waals surface area (Å²) in [5.41, 5.74) is 3.63. The molecule has 0 amide bonds. The monoisotopic (exact) mass is 387 g/mol. The minimum Gasteiger partial charge on any atom is -0.473 e. The molecular weight excluding hydrogens is 366 g/mol. The zero-order chi connectivity index (χ0) is 19.2. The average molecular weight is 387 g/mol. The first-order valence-electron chi connectivity index (χ1n) is 10.1. The predicted molar refractivity (Wildman–Crippen MR) is 108 cm³/mol. The first-order valence-corrected chi connectivity index (χ1v) is 10.1. The molecule has 3 aromatic heterocycles. The molecule has 2 aliphatic heterocycles. The Bertz CT molecular complexity index is 1120. The van der Waals surface area contributed by atoms with Gasteiger partial charge in [0.05, 0.1) is 23.1 Å². The molecule has 2 bridgehead atoms. The molecule has 8 heteroatoms. The van der Waals surface area contributed by atoms with Crippen LogP contribution < -0.4 is 10.1 Å². The first-order chi connectivity index (χ1) is 14.3. The Hall–Kier alpha value is -3.26. The number of nitrogens with one attached hydrogen (secondary N) is 2. The molecule has 2 N–H and O–H groups in total. The SMILES string of the molecule is c1cnn(-c2ccc(-c3ccc(OC4C[C@H]5CC[C@@H](C4)N5)nn3)c3cn[nH]c23)c1. The molecule has 29 heavy (non-hydrogen) atoms. The fourth-order valence-corrected chi connectivity index (χ4v) is 4.65. The minimum absolute atomic E-state index is 0.225. The number of hydrogen-bond acceptors (Lipinski definition) is 6. The number of fused-ring (bicyclic) bond motifs is 3. The molecule has 2 saturated heterocycles. The third-order valence-electron chi connectivity index (χ3n) is 5.98. The summed E-state index contributed by atoms with van der Waals surface area (Å²) in [5.74, 6) is 0.594. The zero-order valence-electron chi connectivity index (χ0n) is 15.8. The maximum atomic E-state index is 6.12. The van der Waals surface area contributed by atoms with Crippen molar-refractivity contribution in [1.82, 2.24) is 35.5 Å². The van der Waals surface area contributed by atoms with Crippen molar-refractivity contribution in [2.75, 3.05) is 0 Å². The van der Waals surface area contributed by atoms with Gasteiger partial charge in [-0.1, -0.05) is 0 Å². The van der Waals surface area contributed by atoms with Crippen LogP contribution in [0.4, 0.5) is 0 Å². The molecule has 4 aromatic rings. The highest BCUT2D eigenvalue weighted by atomic mass is 16.5. The fraction of sp³-hybridized carbons (Fsp3) is 0.333. The van der Waals surface area contributed by atoms with Gasteiger partial charge < -0.3 is 10.1 Å². The van der Waals surface area contributed by atoms with Crippen LogP contribution in [-0.2, 0) is 0 Å². The van der Waals surface area contributed by atoms with Crippen LogP contribution in [0.3, 0.4) is 0 Å². The number of ether oxygens (including phenoxy) is 1. The molecule has 1 unspecified atom stereocenters. The van der Waals surface area contributed by atoms with Crippen LogP contribution in [0.2, 0.25) is 0 Å². The molecule has 0 spiro atoms. The highest BCUT2D eigenvalue weighted by Crippen LogP contribution is 2.31. The Balaban J connectivity index is 1.27. The van der Waals surface area contributed by atoms with E-state index in [2.05, 4.69) is 30.8 Å². The lowest BCUT2D eigenvalue weighted by atomic mass is 10.0. The average Bonchev–Trinajstić information content (AvgIpc) is 3.49. The van der Waals surface area contributed by atoms with E-state index in [1.807, 2.05) is 47.4 Å². The van der Waals surface area contributed by atoms with Gasteiger partial charge in [0, 0.05) is 41.5 Å². The van der Waals surface area contributed by atoms with E-state index in [-0.39, 0.29) is 6.10 Å². The van der Waals surface area contributed by atoms with Gasteiger partial charge in [-0.25, -0.2) is 4.68 Å². The number of aromatic amines is 1. The highest BCUT2D eigenvalue weighted by Gasteiger charge is 2.34. The molecule has 5 heterocycles. The van der Waals surface area contributed by atoms with Crippen molar-refractivity contribution in [1.29, 1.82) is 0 Å². The lowest BCUT2D eigenvalue weighted by molar-refractivity contribution is 0.130. The molecule has 0 radical (unpaired) electrons. The molecular formula is C21H21N7O. The van der Waals surface area contributed by atoms with Crippen LogP contribution in [0.5, 0.6) is 5.88 Å². The normalized spacial score (nSPS) is 23.5. The lowest BCUT2D eigenvalue weighted by Gasteiger charge is -2.28. The molecule has 1 aromatic carbocycles. The van der Waals surface area contributed by atoms with Crippen molar-refractivity contribution in [2.24, 2.45) is 0 Å². The maximum absolute atomic E-state index is 6.12. The summed E-state index contributed by atoms with van der Waals surface area (Å²) in [4.78, 5) is 0. The topological polar surface area (TPSA) is 93.5 Å². The van der Waals surface area contributed by atoms with Crippen molar-refractivity contribution in [3.8, 4) is 22.8 Å². The van der Waals surface area contributed by atoms with E-state index in [4.69, 9.17) is 4.74 Å². The minimum atomic E-state index is 0.225. The third kappa shape index (κ3) is 2.96. The number of piperidine rings is 1. The summed E-state index contributed by atoms with van der Waals surface area (Å²) in [6.45, 7) is 0. The first kappa shape index (κ1) is 16.7. The number of nitrogens with zero attached hydrogens (tertiary/aromatic N) is 5. The van der Waals surface area contributed by atoms with Gasteiger partial charge in [0.1, 0.15) is 6.10 Å². The van der Waals surface area contributed by atoms with Gasteiger partial charge >= 0.3 is 0 Å². The van der Waals surface area contributed by atoms with Crippen molar-refractivity contribution < 1.29 is 4.74 Å². The Morgan fingerprint density at radius 2 is 1.93 bits per heavy atom. The van der Waals surface area contributed by atoms with Crippen LogP contribution in [0.25, 0.3) is 27.8 Å². The number of H-pyrrole nitrogens is 1. The van der Waals surface area contributed by atoms with Gasteiger partial charge in [-0.05, 0) is 49.9 Å². The van der Waals surface area contributed by atoms with Gasteiger partial charge in [-0.3, -0.25) is 5.10 Å². The predicted octanol–water partition coefficient (Wildman–Crippen LogP) is 2.87. The summed E-state index contributed by atoms with van der Waals surface area (Å²) < 4.78 is 7.94. The summed E-state index contributed by atoms with van der Waals surface area (Å²) in [5, 5.41) is 25.0. The van der Waals surface area contributed by atoms with Crippen molar-refractivity contribution in [3.63, 3.8) is 0 Å². The van der Waals surface area contributed by atoms with Crippen LogP contribution in [0, 0.1) is 0 Å². The Labute approximate surface area is 167 Å². The van der Waals surface area contributed by atoms with E-state index in [0.29, 0.717) is 18.0 Å². The standard InChI is InChI=1S/C21H21N7O/c1-8-23-28(9-1)19-6-4-16(17-12-22-27-21(17)19)18-5-7-20(26-25-18)29-15-10-13-2-3-14(11-15)24-13/h1,4-9,12-15,24H,2-3,10-11H2,(H,22,27)/t13-,14+,15?. The van der Waals surface area contributed by atoms with Gasteiger partial charge in [-0.2, -0.15) is 10.2 Å². The van der Waals surface area contributed by atoms with Crippen molar-refractivity contribution in [3.05, 3.63) is 48.9 Å². The van der Waals surface area contributed by atoms with Gasteiger partial charge in [0.25, 0.3) is 0 Å². The van der Waals surface area contributed by atoms with E-state index in [1.54, 1.807) is 6.20 Å². The van der Waals surface area contributed by atoms with E-state index in [0.717, 1.165) is 40.7 Å². The largest absolute Gasteiger partial charge is 0.473 e. The zero-order valence-corrected chi connectivity index (χ0v) is 15.8. The van der Waals surface area contributed by atoms with Gasteiger partial charge in [0.15, 0.2) is 0 Å². The number of rotatable bonds is 4. The molecule has 0 aliphatic carbocycles. The Kier molecular flexibility index (Phi) is 3.83. The van der Waals surface area contributed by atoms with Crippen molar-refractivity contribution in [2.45, 2.75) is 43.9 Å². The Morgan fingerprint density at radius 3 is 2.69 bits per heavy atom. The summed E-state index contributed by atoms with van der Waals surface area (Å²) in [6, 6.07) is 11.0. The lowest BCUT2D eigenvalue weighted by Crippen LogP contribution is -2.42. The van der Waals surface area contributed by atoms with E-state index in [9.17, 15) is 0 Å². The number of aromatic nitrogens is 6. The van der Waals surface area contributed by atoms with Crippen LogP contribution in [0.15, 0.2) is 48.9 Å². The van der Waals surface area contributed by atoms with E-state index >= 15 is 0 Å². The molecule has 2 fully saturated rings. The number of hydrogen-bond donors (Lipinski definition) is 2. The quantitative estimate of drug-likeness (QED) is 0.559. The summed E-state index contributed by atoms with van der Waals surface area (Å²) in [7, 11) is 0. The van der Waals surface area contributed by atoms with Crippen LogP contribution in [0.1, 0.15) is 25.7 Å². The maximum Gasteiger partial charge on any atom is 0.233 e. The molecule has 146 valence electrons. The molecule has 3 atom stereocenters. The summed E-state index contributed by atoms with van der Waals surface area (Å²) in [6.07, 6.45) is 10.3. The van der Waals surface area contributed by atoms with Crippen LogP contribution in [-0.4, -0.2) is 48.4 Å². The van der Waals surface area contributed by atoms with Crippen LogP contribution >= 0.6 is 0 Å². The smallest absolute Gasteiger partial charge is 0.233 e. The highest BCUT2D eigenvalue weighted by molar-refractivity contribution is 5.97. The second-order valence-electron chi connectivity index (χ2n) is 7.85. The number of benzene rings is 1. The molecule has 2 aliphatic rings. The van der Waals surface area contributed by atoms with Gasteiger partial charge in [0.2, 0.25) is 5.88 Å². The van der Waals surface area contributed by atoms with E-state index in [1.165, 1.54) is 12.8 Å². The fourth-order valence-electron chi connectivity index (χ4n) is 4.65.